The summed E-state index contributed by atoms with van der Waals surface area (Å²) >= 11 is 0. The van der Waals surface area contributed by atoms with E-state index < -0.39 is 0 Å². The molecule has 3 nitrogen and oxygen atoms in total. The average Bonchev–Trinajstić information content (AvgIpc) is 2.73. The molecule has 1 aromatic rings. The molecule has 82 valence electrons. The molecule has 0 amide bonds. The molecule has 15 heavy (non-hydrogen) atoms. The molecule has 1 aromatic heterocycles. The second kappa shape index (κ2) is 3.63. The Kier molecular flexibility index (Phi) is 2.28. The summed E-state index contributed by atoms with van der Waals surface area (Å²) in [5.74, 6) is 4.53. The van der Waals surface area contributed by atoms with E-state index in [0.717, 1.165) is 36.6 Å². The molecular weight excluding hydrogens is 188 g/mol. The number of rotatable bonds is 4. The highest BCUT2D eigenvalue weighted by atomic mass is 16.4. The van der Waals surface area contributed by atoms with E-state index in [4.69, 9.17) is 4.42 Å². The van der Waals surface area contributed by atoms with E-state index in [1.54, 1.807) is 0 Å². The van der Waals surface area contributed by atoms with Crippen molar-refractivity contribution in [1.82, 2.24) is 10.3 Å². The van der Waals surface area contributed by atoms with E-state index >= 15 is 0 Å². The molecular formula is C12H18N2O. The third-order valence-electron chi connectivity index (χ3n) is 3.83. The number of aromatic nitrogens is 1. The number of nitrogens with zero attached hydrogens (tertiary/aromatic N) is 1. The van der Waals surface area contributed by atoms with Crippen LogP contribution in [-0.2, 0) is 6.54 Å². The van der Waals surface area contributed by atoms with Gasteiger partial charge in [0.1, 0.15) is 5.76 Å². The molecule has 3 heteroatoms. The van der Waals surface area contributed by atoms with Gasteiger partial charge in [-0.15, -0.1) is 0 Å². The predicted octanol–water partition coefficient (Wildman–Crippen LogP) is 2.30. The number of oxazole rings is 1. The van der Waals surface area contributed by atoms with Gasteiger partial charge in [-0.25, -0.2) is 4.98 Å². The minimum Gasteiger partial charge on any atom is -0.444 e. The van der Waals surface area contributed by atoms with Gasteiger partial charge in [-0.3, -0.25) is 0 Å². The van der Waals surface area contributed by atoms with Crippen LogP contribution in [0, 0.1) is 11.8 Å². The number of hydrogen-bond acceptors (Lipinski definition) is 3. The van der Waals surface area contributed by atoms with Crippen molar-refractivity contribution in [3.8, 4) is 0 Å². The summed E-state index contributed by atoms with van der Waals surface area (Å²) in [4.78, 5) is 4.31. The highest BCUT2D eigenvalue weighted by Crippen LogP contribution is 2.63. The van der Waals surface area contributed by atoms with Crippen molar-refractivity contribution < 1.29 is 4.42 Å². The van der Waals surface area contributed by atoms with Crippen LogP contribution >= 0.6 is 0 Å². The lowest BCUT2D eigenvalue weighted by atomic mass is 10.1. The fourth-order valence-corrected chi connectivity index (χ4v) is 3.04. The van der Waals surface area contributed by atoms with Crippen LogP contribution in [0.2, 0.25) is 0 Å². The van der Waals surface area contributed by atoms with Gasteiger partial charge in [0.05, 0.1) is 12.7 Å². The largest absolute Gasteiger partial charge is 0.444 e. The van der Waals surface area contributed by atoms with Crippen LogP contribution in [0.5, 0.6) is 0 Å². The monoisotopic (exact) mass is 206 g/mol. The van der Waals surface area contributed by atoms with Crippen LogP contribution in [0.15, 0.2) is 10.6 Å². The van der Waals surface area contributed by atoms with E-state index in [1.807, 2.05) is 6.20 Å². The zero-order valence-corrected chi connectivity index (χ0v) is 9.20. The summed E-state index contributed by atoms with van der Waals surface area (Å²) in [7, 11) is 0. The van der Waals surface area contributed by atoms with Gasteiger partial charge in [0.2, 0.25) is 5.89 Å². The first-order valence-electron chi connectivity index (χ1n) is 6.05. The average molecular weight is 206 g/mol. The van der Waals surface area contributed by atoms with Gasteiger partial charge in [-0.1, -0.05) is 13.3 Å². The van der Waals surface area contributed by atoms with Crippen molar-refractivity contribution in [2.45, 2.75) is 38.6 Å². The maximum Gasteiger partial charge on any atom is 0.208 e. The molecule has 0 radical (unpaired) electrons. The van der Waals surface area contributed by atoms with Crippen molar-refractivity contribution in [3.63, 3.8) is 0 Å². The Hall–Kier alpha value is -0.830. The molecule has 0 aliphatic heterocycles. The summed E-state index contributed by atoms with van der Waals surface area (Å²) in [5.41, 5.74) is 0. The number of hydrogen-bond donors (Lipinski definition) is 1. The van der Waals surface area contributed by atoms with Crippen LogP contribution in [0.4, 0.5) is 0 Å². The Bertz CT molecular complexity index is 337. The third-order valence-corrected chi connectivity index (χ3v) is 3.83. The first-order chi connectivity index (χ1) is 7.40. The third kappa shape index (κ3) is 1.59. The summed E-state index contributed by atoms with van der Waals surface area (Å²) in [6, 6.07) is 0. The van der Waals surface area contributed by atoms with Crippen LogP contribution < -0.4 is 5.32 Å². The summed E-state index contributed by atoms with van der Waals surface area (Å²) in [5, 5.41) is 3.23. The molecule has 2 aliphatic carbocycles. The Morgan fingerprint density at radius 2 is 2.27 bits per heavy atom. The normalized spacial score (nSPS) is 33.0. The van der Waals surface area contributed by atoms with Crippen molar-refractivity contribution in [1.29, 1.82) is 0 Å². The molecule has 3 rings (SSSR count). The molecule has 0 saturated heterocycles. The van der Waals surface area contributed by atoms with Crippen molar-refractivity contribution in [2.75, 3.05) is 6.54 Å². The molecule has 2 atom stereocenters. The predicted molar refractivity (Wildman–Crippen MR) is 57.5 cm³/mol. The molecule has 2 fully saturated rings. The van der Waals surface area contributed by atoms with Crippen molar-refractivity contribution in [2.24, 2.45) is 11.8 Å². The van der Waals surface area contributed by atoms with Crippen LogP contribution in [0.1, 0.15) is 43.8 Å². The SMILES string of the molecule is CCNCc1ncc(C2C3CCCC32)o1. The molecule has 2 saturated carbocycles. The molecule has 0 aromatic carbocycles. The summed E-state index contributed by atoms with van der Waals surface area (Å²) < 4.78 is 5.77. The highest BCUT2D eigenvalue weighted by molar-refractivity contribution is 5.19. The zero-order chi connectivity index (χ0) is 10.3. The highest BCUT2D eigenvalue weighted by Gasteiger charge is 2.54. The van der Waals surface area contributed by atoms with Gasteiger partial charge in [0.25, 0.3) is 0 Å². The van der Waals surface area contributed by atoms with Crippen molar-refractivity contribution >= 4 is 0 Å². The van der Waals surface area contributed by atoms with E-state index in [-0.39, 0.29) is 0 Å². The van der Waals surface area contributed by atoms with Gasteiger partial charge >= 0.3 is 0 Å². The molecule has 2 aliphatic rings. The summed E-state index contributed by atoms with van der Waals surface area (Å²) in [6.07, 6.45) is 6.16. The summed E-state index contributed by atoms with van der Waals surface area (Å²) in [6.45, 7) is 3.82. The van der Waals surface area contributed by atoms with E-state index in [9.17, 15) is 0 Å². The van der Waals surface area contributed by atoms with Gasteiger partial charge in [0.15, 0.2) is 0 Å². The second-order valence-electron chi connectivity index (χ2n) is 4.72. The van der Waals surface area contributed by atoms with Gasteiger partial charge in [-0.2, -0.15) is 0 Å². The lowest BCUT2D eigenvalue weighted by Crippen LogP contribution is -2.11. The number of fused-ring (bicyclic) bond motifs is 1. The smallest absolute Gasteiger partial charge is 0.208 e. The molecule has 0 bridgehead atoms. The van der Waals surface area contributed by atoms with Crippen LogP contribution in [0.3, 0.4) is 0 Å². The minimum absolute atomic E-state index is 0.710. The molecule has 2 unspecified atom stereocenters. The fraction of sp³-hybridized carbons (Fsp3) is 0.750. The quantitative estimate of drug-likeness (QED) is 0.821. The Balaban J connectivity index is 1.64. The van der Waals surface area contributed by atoms with E-state index in [0.29, 0.717) is 5.92 Å². The topological polar surface area (TPSA) is 38.1 Å². The van der Waals surface area contributed by atoms with Gasteiger partial charge in [0, 0.05) is 5.92 Å². The van der Waals surface area contributed by atoms with Gasteiger partial charge < -0.3 is 9.73 Å². The van der Waals surface area contributed by atoms with Crippen LogP contribution in [-0.4, -0.2) is 11.5 Å². The van der Waals surface area contributed by atoms with Crippen molar-refractivity contribution in [3.05, 3.63) is 17.8 Å². The molecule has 1 N–H and O–H groups in total. The Morgan fingerprint density at radius 1 is 1.47 bits per heavy atom. The van der Waals surface area contributed by atoms with E-state index in [2.05, 4.69) is 17.2 Å². The van der Waals surface area contributed by atoms with Crippen LogP contribution in [0.25, 0.3) is 0 Å². The Morgan fingerprint density at radius 3 is 3.00 bits per heavy atom. The molecule has 0 spiro atoms. The number of nitrogens with one attached hydrogen (secondary N) is 1. The second-order valence-corrected chi connectivity index (χ2v) is 4.72. The first-order valence-corrected chi connectivity index (χ1v) is 6.05. The maximum absolute atomic E-state index is 5.77. The van der Waals surface area contributed by atoms with E-state index in [1.165, 1.54) is 19.3 Å². The first kappa shape index (κ1) is 9.40. The zero-order valence-electron chi connectivity index (χ0n) is 9.20. The van der Waals surface area contributed by atoms with Gasteiger partial charge in [-0.05, 0) is 31.2 Å². The lowest BCUT2D eigenvalue weighted by molar-refractivity contribution is 0.426. The lowest BCUT2D eigenvalue weighted by Gasteiger charge is -1.98. The Labute approximate surface area is 90.3 Å². The maximum atomic E-state index is 5.77. The minimum atomic E-state index is 0.710. The molecule has 1 heterocycles. The standard InChI is InChI=1S/C12H18N2O/c1-2-13-7-11-14-6-10(15-11)12-8-4-3-5-9(8)12/h6,8-9,12-13H,2-5,7H2,1H3. The fourth-order valence-electron chi connectivity index (χ4n) is 3.04.